The van der Waals surface area contributed by atoms with Crippen LogP contribution in [0.4, 0.5) is 0 Å². The third-order valence-electron chi connectivity index (χ3n) is 2.76. The van der Waals surface area contributed by atoms with Crippen molar-refractivity contribution in [2.75, 3.05) is 0 Å². The summed E-state index contributed by atoms with van der Waals surface area (Å²) in [6.45, 7) is 4.12. The molecule has 0 atom stereocenters. The second-order valence-corrected chi connectivity index (χ2v) is 4.18. The molecule has 1 heterocycles. The molecule has 0 fully saturated rings. The van der Waals surface area contributed by atoms with Crippen molar-refractivity contribution in [1.82, 2.24) is 9.97 Å². The van der Waals surface area contributed by atoms with E-state index in [9.17, 15) is 0 Å². The van der Waals surface area contributed by atoms with Gasteiger partial charge in [0.15, 0.2) is 0 Å². The summed E-state index contributed by atoms with van der Waals surface area (Å²) in [5.41, 5.74) is 3.56. The van der Waals surface area contributed by atoms with Gasteiger partial charge in [0.1, 0.15) is 5.82 Å². The summed E-state index contributed by atoms with van der Waals surface area (Å²) >= 11 is 0. The predicted molar refractivity (Wildman–Crippen MR) is 78.8 cm³/mol. The third kappa shape index (κ3) is 3.20. The summed E-state index contributed by atoms with van der Waals surface area (Å²) in [4.78, 5) is 7.40. The van der Waals surface area contributed by atoms with Gasteiger partial charge < -0.3 is 4.98 Å². The molecule has 0 unspecified atom stereocenters. The van der Waals surface area contributed by atoms with Crippen molar-refractivity contribution in [3.63, 3.8) is 0 Å². The number of aryl methyl sites for hydroxylation is 2. The van der Waals surface area contributed by atoms with Crippen LogP contribution in [0.2, 0.25) is 0 Å². The van der Waals surface area contributed by atoms with Gasteiger partial charge in [0.05, 0.1) is 11.0 Å². The lowest BCUT2D eigenvalue weighted by Gasteiger charge is -1.89. The average Bonchev–Trinajstić information content (AvgIpc) is 2.80. The molecule has 0 spiro atoms. The lowest BCUT2D eigenvalue weighted by atomic mass is 10.2. The molecule has 94 valence electrons. The maximum atomic E-state index is 4.26. The summed E-state index contributed by atoms with van der Waals surface area (Å²) in [6, 6.07) is 18.5. The van der Waals surface area contributed by atoms with E-state index in [0.717, 1.165) is 23.3 Å². The molecular weight excluding hydrogens is 220 g/mol. The summed E-state index contributed by atoms with van der Waals surface area (Å²) < 4.78 is 0. The molecule has 0 aliphatic carbocycles. The number of aromatic nitrogens is 2. The van der Waals surface area contributed by atoms with Crippen molar-refractivity contribution in [3.8, 4) is 0 Å². The highest BCUT2D eigenvalue weighted by molar-refractivity contribution is 5.74. The van der Waals surface area contributed by atoms with Gasteiger partial charge in [-0.05, 0) is 31.0 Å². The molecule has 2 aromatic carbocycles. The number of nitrogens with zero attached hydrogens (tertiary/aromatic N) is 1. The van der Waals surface area contributed by atoms with Crippen LogP contribution in [0.3, 0.4) is 0 Å². The van der Waals surface area contributed by atoms with Crippen molar-refractivity contribution >= 4 is 11.0 Å². The van der Waals surface area contributed by atoms with Gasteiger partial charge in [0.2, 0.25) is 0 Å². The third-order valence-corrected chi connectivity index (χ3v) is 2.76. The number of hydrogen-bond donors (Lipinski definition) is 1. The molecule has 1 aromatic heterocycles. The highest BCUT2D eigenvalue weighted by atomic mass is 14.9. The van der Waals surface area contributed by atoms with Crippen LogP contribution in [-0.2, 0) is 6.42 Å². The Labute approximate surface area is 109 Å². The Kier molecular flexibility index (Phi) is 4.13. The normalized spacial score (nSPS) is 9.89. The quantitative estimate of drug-likeness (QED) is 0.672. The molecule has 0 aliphatic heterocycles. The van der Waals surface area contributed by atoms with Crippen LogP contribution in [0.1, 0.15) is 19.7 Å². The number of para-hydroxylation sites is 2. The van der Waals surface area contributed by atoms with E-state index in [2.05, 4.69) is 41.2 Å². The van der Waals surface area contributed by atoms with Crippen LogP contribution in [0, 0.1) is 6.92 Å². The highest BCUT2D eigenvalue weighted by Crippen LogP contribution is 2.08. The first-order valence-corrected chi connectivity index (χ1v) is 6.25. The van der Waals surface area contributed by atoms with Crippen LogP contribution in [-0.4, -0.2) is 9.97 Å². The minimum absolute atomic E-state index is 0. The molecule has 18 heavy (non-hydrogen) atoms. The van der Waals surface area contributed by atoms with Gasteiger partial charge in [-0.15, -0.1) is 0 Å². The largest absolute Gasteiger partial charge is 0.342 e. The molecule has 3 rings (SSSR count). The number of aromatic amines is 1. The molecule has 3 aromatic rings. The Morgan fingerprint density at radius 1 is 1.00 bits per heavy atom. The number of hydrogen-bond acceptors (Lipinski definition) is 1. The molecule has 1 N–H and O–H groups in total. The average molecular weight is 240 g/mol. The van der Waals surface area contributed by atoms with E-state index in [1.807, 2.05) is 37.3 Å². The number of rotatable bonds is 1. The van der Waals surface area contributed by atoms with Gasteiger partial charge in [-0.2, -0.15) is 0 Å². The van der Waals surface area contributed by atoms with Crippen molar-refractivity contribution in [2.24, 2.45) is 0 Å². The minimum atomic E-state index is 0. The smallest absolute Gasteiger partial charge is 0.104 e. The fraction of sp³-hybridized carbons (Fsp3) is 0.188. The summed E-state index contributed by atoms with van der Waals surface area (Å²) in [5.74, 6) is 0.973. The van der Waals surface area contributed by atoms with E-state index >= 15 is 0 Å². The van der Waals surface area contributed by atoms with Gasteiger partial charge >= 0.3 is 0 Å². The summed E-state index contributed by atoms with van der Waals surface area (Å²) in [6.07, 6.45) is 1.14. The second-order valence-electron chi connectivity index (χ2n) is 4.18. The number of nitrogens with one attached hydrogen (secondary N) is 1. The minimum Gasteiger partial charge on any atom is -0.342 e. The van der Waals surface area contributed by atoms with E-state index in [4.69, 9.17) is 0 Å². The first-order chi connectivity index (χ1) is 8.79. The van der Waals surface area contributed by atoms with Crippen molar-refractivity contribution in [3.05, 3.63) is 66.0 Å². The first kappa shape index (κ1) is 12.4. The Morgan fingerprint density at radius 2 is 1.67 bits per heavy atom. The van der Waals surface area contributed by atoms with E-state index in [1.165, 1.54) is 5.56 Å². The van der Waals surface area contributed by atoms with Gasteiger partial charge in [-0.3, -0.25) is 0 Å². The maximum Gasteiger partial charge on any atom is 0.104 e. The molecule has 0 saturated heterocycles. The number of imidazole rings is 1. The lowest BCUT2D eigenvalue weighted by molar-refractivity contribution is 1.14. The Balaban J connectivity index is 0.000000185. The number of fused-ring (bicyclic) bond motifs is 1. The molecule has 0 bridgehead atoms. The zero-order chi connectivity index (χ0) is 12.8. The van der Waals surface area contributed by atoms with E-state index in [-0.39, 0.29) is 1.43 Å². The van der Waals surface area contributed by atoms with Crippen molar-refractivity contribution in [2.45, 2.75) is 20.3 Å². The molecule has 2 heteroatoms. The van der Waals surface area contributed by atoms with Crippen LogP contribution in [0.5, 0.6) is 0 Å². The van der Waals surface area contributed by atoms with Crippen molar-refractivity contribution < 1.29 is 1.43 Å². The van der Waals surface area contributed by atoms with E-state index < -0.39 is 0 Å². The zero-order valence-corrected chi connectivity index (χ0v) is 10.9. The van der Waals surface area contributed by atoms with Crippen molar-refractivity contribution in [1.29, 1.82) is 0 Å². The van der Waals surface area contributed by atoms with Crippen LogP contribution >= 0.6 is 0 Å². The molecule has 0 amide bonds. The molecule has 2 nitrogen and oxygen atoms in total. The SMILES string of the molecule is CCc1ccccc1.Cc1nc2ccccc2[nH]1.[HH]. The number of H-pyrrole nitrogens is 1. The fourth-order valence-corrected chi connectivity index (χ4v) is 1.79. The Bertz CT molecular complexity index is 569. The zero-order valence-electron chi connectivity index (χ0n) is 10.9. The van der Waals surface area contributed by atoms with Gasteiger partial charge in [0, 0.05) is 1.43 Å². The van der Waals surface area contributed by atoms with E-state index in [1.54, 1.807) is 0 Å². The standard InChI is InChI=1S/C8H8N2.C8H10.H2/c1-6-9-7-4-2-3-5-8(7)10-6;1-2-8-6-4-3-5-7-8;/h2-5H,1H3,(H,9,10);3-7H,2H2,1H3;1H. The monoisotopic (exact) mass is 240 g/mol. The van der Waals surface area contributed by atoms with E-state index in [0.29, 0.717) is 0 Å². The molecule has 0 saturated carbocycles. The second kappa shape index (κ2) is 6.01. The van der Waals surface area contributed by atoms with Gasteiger partial charge in [-0.1, -0.05) is 49.4 Å². The lowest BCUT2D eigenvalue weighted by Crippen LogP contribution is -1.73. The highest BCUT2D eigenvalue weighted by Gasteiger charge is 1.93. The molecule has 0 radical (unpaired) electrons. The molecular formula is C16H20N2. The van der Waals surface area contributed by atoms with Gasteiger partial charge in [-0.25, -0.2) is 4.98 Å². The Morgan fingerprint density at radius 3 is 2.28 bits per heavy atom. The summed E-state index contributed by atoms with van der Waals surface area (Å²) in [7, 11) is 0. The fourth-order valence-electron chi connectivity index (χ4n) is 1.79. The van der Waals surface area contributed by atoms with Gasteiger partial charge in [0.25, 0.3) is 0 Å². The van der Waals surface area contributed by atoms with Crippen LogP contribution < -0.4 is 0 Å². The topological polar surface area (TPSA) is 28.7 Å². The van der Waals surface area contributed by atoms with Crippen LogP contribution in [0.15, 0.2) is 54.6 Å². The first-order valence-electron chi connectivity index (χ1n) is 6.25. The molecule has 0 aliphatic rings. The predicted octanol–water partition coefficient (Wildman–Crippen LogP) is 4.37. The number of benzene rings is 2. The maximum absolute atomic E-state index is 4.26. The summed E-state index contributed by atoms with van der Waals surface area (Å²) in [5, 5.41) is 0. The van der Waals surface area contributed by atoms with Crippen LogP contribution in [0.25, 0.3) is 11.0 Å². The Hall–Kier alpha value is -2.09.